The molecule has 0 radical (unpaired) electrons. The number of hydrogen-bond donors (Lipinski definition) is 1. The van der Waals surface area contributed by atoms with E-state index in [1.807, 2.05) is 6.07 Å². The zero-order chi connectivity index (χ0) is 18.0. The molecule has 2 aromatic carbocycles. The van der Waals surface area contributed by atoms with E-state index in [1.165, 1.54) is 0 Å². The van der Waals surface area contributed by atoms with Crippen molar-refractivity contribution in [2.24, 2.45) is 5.92 Å². The number of carbonyl (C=O) groups is 3. The van der Waals surface area contributed by atoms with Crippen molar-refractivity contribution in [3.63, 3.8) is 0 Å². The summed E-state index contributed by atoms with van der Waals surface area (Å²) in [6, 6.07) is 13.7. The van der Waals surface area contributed by atoms with Gasteiger partial charge < -0.3 is 5.32 Å². The van der Waals surface area contributed by atoms with Crippen molar-refractivity contribution in [1.82, 2.24) is 0 Å². The topological polar surface area (TPSA) is 63.2 Å². The molecule has 0 spiro atoms. The van der Waals surface area contributed by atoms with Crippen LogP contribution in [0.1, 0.15) is 24.3 Å². The number of halogens is 2. The fourth-order valence-electron chi connectivity index (χ4n) is 3.05. The van der Waals surface area contributed by atoms with Gasteiger partial charge in [0.15, 0.2) is 17.5 Å². The Morgan fingerprint density at radius 1 is 0.960 bits per heavy atom. The second kappa shape index (κ2) is 7.38. The van der Waals surface area contributed by atoms with Gasteiger partial charge in [0, 0.05) is 28.6 Å². The lowest BCUT2D eigenvalue weighted by atomic mass is 9.76. The number of hydrogen-bond acceptors (Lipinski definition) is 3. The number of carbonyl (C=O) groups excluding carboxylic acids is 3. The van der Waals surface area contributed by atoms with Crippen LogP contribution in [0.2, 0.25) is 10.0 Å². The van der Waals surface area contributed by atoms with Gasteiger partial charge in [-0.25, -0.2) is 0 Å². The number of nitrogens with one attached hydrogen (secondary N) is 1. The zero-order valence-corrected chi connectivity index (χ0v) is 14.7. The lowest BCUT2D eigenvalue weighted by Crippen LogP contribution is -2.41. The van der Waals surface area contributed by atoms with Gasteiger partial charge in [-0.05, 0) is 35.7 Å². The minimum Gasteiger partial charge on any atom is -0.325 e. The van der Waals surface area contributed by atoms with Crippen molar-refractivity contribution in [2.45, 2.75) is 18.8 Å². The first-order valence-corrected chi connectivity index (χ1v) is 8.57. The van der Waals surface area contributed by atoms with E-state index in [2.05, 4.69) is 5.32 Å². The van der Waals surface area contributed by atoms with Crippen LogP contribution in [0.25, 0.3) is 0 Å². The summed E-state index contributed by atoms with van der Waals surface area (Å²) in [4.78, 5) is 37.2. The summed E-state index contributed by atoms with van der Waals surface area (Å²) in [7, 11) is 0. The molecule has 0 heterocycles. The van der Waals surface area contributed by atoms with Gasteiger partial charge in [-0.1, -0.05) is 47.5 Å². The van der Waals surface area contributed by atoms with Crippen LogP contribution in [0.5, 0.6) is 0 Å². The first-order valence-electron chi connectivity index (χ1n) is 7.82. The van der Waals surface area contributed by atoms with E-state index in [9.17, 15) is 14.4 Å². The number of anilines is 1. The van der Waals surface area contributed by atoms with Crippen LogP contribution < -0.4 is 5.32 Å². The number of para-hydroxylation sites is 1. The Kier molecular flexibility index (Phi) is 5.21. The van der Waals surface area contributed by atoms with Crippen molar-refractivity contribution in [3.8, 4) is 0 Å². The van der Waals surface area contributed by atoms with Gasteiger partial charge in [-0.15, -0.1) is 0 Å². The van der Waals surface area contributed by atoms with Crippen molar-refractivity contribution in [1.29, 1.82) is 0 Å². The first kappa shape index (κ1) is 17.6. The SMILES string of the molecule is O=C1CC(c2ccc(Cl)cc2Cl)CC(=O)C1C(=O)Nc1ccccc1. The predicted molar refractivity (Wildman–Crippen MR) is 97.0 cm³/mol. The standard InChI is InChI=1S/C19H15Cl2NO3/c20-12-6-7-14(15(21)10-12)11-8-16(23)18(17(24)9-11)19(25)22-13-4-2-1-3-5-13/h1-7,10-11,18H,8-9H2,(H,22,25). The molecule has 0 aliphatic heterocycles. The molecule has 1 N–H and O–H groups in total. The molecule has 1 fully saturated rings. The molecule has 1 aliphatic rings. The molecule has 6 heteroatoms. The Morgan fingerprint density at radius 2 is 1.60 bits per heavy atom. The fraction of sp³-hybridized carbons (Fsp3) is 0.211. The lowest BCUT2D eigenvalue weighted by Gasteiger charge is -2.26. The molecule has 0 aromatic heterocycles. The molecule has 1 aliphatic carbocycles. The summed E-state index contributed by atoms with van der Waals surface area (Å²) in [6.45, 7) is 0. The molecule has 0 unspecified atom stereocenters. The second-order valence-corrected chi connectivity index (χ2v) is 6.84. The van der Waals surface area contributed by atoms with Crippen LogP contribution in [0.3, 0.4) is 0 Å². The summed E-state index contributed by atoms with van der Waals surface area (Å²) in [5.41, 5.74) is 1.26. The van der Waals surface area contributed by atoms with Crippen molar-refractivity contribution >= 4 is 46.4 Å². The van der Waals surface area contributed by atoms with Gasteiger partial charge in [-0.3, -0.25) is 14.4 Å². The van der Waals surface area contributed by atoms with Crippen LogP contribution in [0.4, 0.5) is 5.69 Å². The van der Waals surface area contributed by atoms with Gasteiger partial charge in [0.25, 0.3) is 0 Å². The van der Waals surface area contributed by atoms with E-state index in [1.54, 1.807) is 42.5 Å². The summed E-state index contributed by atoms with van der Waals surface area (Å²) >= 11 is 12.1. The zero-order valence-electron chi connectivity index (χ0n) is 13.2. The van der Waals surface area contributed by atoms with E-state index >= 15 is 0 Å². The average Bonchev–Trinajstić information content (AvgIpc) is 2.55. The largest absolute Gasteiger partial charge is 0.325 e. The molecule has 1 amide bonds. The average molecular weight is 376 g/mol. The highest BCUT2D eigenvalue weighted by atomic mass is 35.5. The number of Topliss-reactive ketones (excluding diaryl/α,β-unsaturated/α-hetero) is 2. The third-order valence-electron chi connectivity index (χ3n) is 4.24. The molecule has 0 bridgehead atoms. The van der Waals surface area contributed by atoms with Crippen molar-refractivity contribution in [2.75, 3.05) is 5.32 Å². The monoisotopic (exact) mass is 375 g/mol. The number of benzene rings is 2. The van der Waals surface area contributed by atoms with Crippen LogP contribution in [0, 0.1) is 5.92 Å². The van der Waals surface area contributed by atoms with Gasteiger partial charge in [0.05, 0.1) is 0 Å². The maximum atomic E-state index is 12.4. The van der Waals surface area contributed by atoms with E-state index in [0.29, 0.717) is 21.3 Å². The van der Waals surface area contributed by atoms with E-state index < -0.39 is 11.8 Å². The molecule has 1 saturated carbocycles. The molecule has 25 heavy (non-hydrogen) atoms. The van der Waals surface area contributed by atoms with Crippen LogP contribution >= 0.6 is 23.2 Å². The Morgan fingerprint density at radius 3 is 2.20 bits per heavy atom. The van der Waals surface area contributed by atoms with Crippen molar-refractivity contribution < 1.29 is 14.4 Å². The van der Waals surface area contributed by atoms with Gasteiger partial charge in [-0.2, -0.15) is 0 Å². The highest BCUT2D eigenvalue weighted by Crippen LogP contribution is 2.36. The van der Waals surface area contributed by atoms with E-state index in [0.717, 1.165) is 0 Å². The Balaban J connectivity index is 1.75. The highest BCUT2D eigenvalue weighted by Gasteiger charge is 2.41. The summed E-state index contributed by atoms with van der Waals surface area (Å²) in [5.74, 6) is -2.95. The van der Waals surface area contributed by atoms with Crippen molar-refractivity contribution in [3.05, 3.63) is 64.1 Å². The smallest absolute Gasteiger partial charge is 0.242 e. The molecule has 2 aromatic rings. The maximum absolute atomic E-state index is 12.4. The van der Waals surface area contributed by atoms with Gasteiger partial charge in [0.1, 0.15) is 0 Å². The minimum absolute atomic E-state index is 0.0972. The predicted octanol–water partition coefficient (Wildman–Crippen LogP) is 4.26. The van der Waals surface area contributed by atoms with E-state index in [-0.39, 0.29) is 30.3 Å². The summed E-state index contributed by atoms with van der Waals surface area (Å²) in [6.07, 6.45) is 0.194. The molecule has 0 atom stereocenters. The number of ketones is 2. The Hall–Kier alpha value is -2.17. The summed E-state index contributed by atoms with van der Waals surface area (Å²) < 4.78 is 0. The minimum atomic E-state index is -1.26. The Bertz CT molecular complexity index is 818. The van der Waals surface area contributed by atoms with Crippen LogP contribution in [-0.2, 0) is 14.4 Å². The summed E-state index contributed by atoms with van der Waals surface area (Å²) in [5, 5.41) is 3.53. The molecular weight excluding hydrogens is 361 g/mol. The van der Waals surface area contributed by atoms with Crippen LogP contribution in [-0.4, -0.2) is 17.5 Å². The van der Waals surface area contributed by atoms with Crippen LogP contribution in [0.15, 0.2) is 48.5 Å². The lowest BCUT2D eigenvalue weighted by molar-refractivity contribution is -0.141. The first-order chi connectivity index (χ1) is 12.0. The maximum Gasteiger partial charge on any atom is 0.242 e. The number of rotatable bonds is 3. The van der Waals surface area contributed by atoms with E-state index in [4.69, 9.17) is 23.2 Å². The highest BCUT2D eigenvalue weighted by molar-refractivity contribution is 6.35. The molecule has 128 valence electrons. The third-order valence-corrected chi connectivity index (χ3v) is 4.81. The Labute approximate surface area is 155 Å². The van der Waals surface area contributed by atoms with Gasteiger partial charge in [0.2, 0.25) is 5.91 Å². The molecule has 4 nitrogen and oxygen atoms in total. The normalized spacial score (nSPS) is 20.4. The quantitative estimate of drug-likeness (QED) is 0.814. The second-order valence-electron chi connectivity index (χ2n) is 5.99. The third kappa shape index (κ3) is 3.91. The molecule has 3 rings (SSSR count). The fourth-order valence-corrected chi connectivity index (χ4v) is 3.62. The molecule has 0 saturated heterocycles. The molecular formula is C19H15Cl2NO3. The number of amides is 1. The van der Waals surface area contributed by atoms with Gasteiger partial charge >= 0.3 is 0 Å².